The first-order chi connectivity index (χ1) is 23.4. The van der Waals surface area contributed by atoms with Crippen molar-refractivity contribution in [3.63, 3.8) is 0 Å². The van der Waals surface area contributed by atoms with Gasteiger partial charge >= 0.3 is 6.09 Å². The Morgan fingerprint density at radius 1 is 0.960 bits per heavy atom. The summed E-state index contributed by atoms with van der Waals surface area (Å²) in [7, 11) is 3.11. The molecular formula is C36H56N6O8. The zero-order valence-electron chi connectivity index (χ0n) is 31.0. The Balaban J connectivity index is 2.15. The first-order valence-corrected chi connectivity index (χ1v) is 17.3. The predicted molar refractivity (Wildman–Crippen MR) is 187 cm³/mol. The summed E-state index contributed by atoms with van der Waals surface area (Å²) in [5.74, 6) is -4.28. The molecule has 1 fully saturated rings. The summed E-state index contributed by atoms with van der Waals surface area (Å²) in [6, 6.07) is 4.51. The number of likely N-dealkylation sites (N-methyl/N-ethyl adjacent to an activating group) is 1. The van der Waals surface area contributed by atoms with E-state index >= 15 is 0 Å². The number of carbonyl (C=O) groups excluding carboxylic acids is 7. The van der Waals surface area contributed by atoms with Crippen LogP contribution in [0.3, 0.4) is 0 Å². The lowest BCUT2D eigenvalue weighted by atomic mass is 9.90. The van der Waals surface area contributed by atoms with E-state index in [1.807, 2.05) is 41.5 Å². The van der Waals surface area contributed by atoms with Crippen LogP contribution in [0, 0.1) is 17.3 Å². The highest BCUT2D eigenvalue weighted by Gasteiger charge is 2.47. The molecule has 1 aromatic rings. The van der Waals surface area contributed by atoms with Gasteiger partial charge in [-0.15, -0.1) is 0 Å². The highest BCUT2D eigenvalue weighted by molar-refractivity contribution is 6.38. The number of carbonyl (C=O) groups is 7. The fourth-order valence-electron chi connectivity index (χ4n) is 5.64. The van der Waals surface area contributed by atoms with E-state index in [1.54, 1.807) is 51.4 Å². The molecule has 0 unspecified atom stereocenters. The van der Waals surface area contributed by atoms with Gasteiger partial charge in [-0.2, -0.15) is 0 Å². The first kappa shape index (κ1) is 41.7. The number of rotatable bonds is 17. The molecule has 50 heavy (non-hydrogen) atoms. The van der Waals surface area contributed by atoms with Crippen molar-refractivity contribution in [3.05, 3.63) is 35.9 Å². The minimum atomic E-state index is -1.21. The van der Waals surface area contributed by atoms with E-state index in [-0.39, 0.29) is 37.3 Å². The Labute approximate surface area is 295 Å². The molecule has 4 N–H and O–H groups in total. The van der Waals surface area contributed by atoms with Crippen molar-refractivity contribution in [1.82, 2.24) is 31.1 Å². The van der Waals surface area contributed by atoms with Crippen LogP contribution in [-0.4, -0.2) is 103 Å². The van der Waals surface area contributed by atoms with Crippen LogP contribution in [0.4, 0.5) is 4.79 Å². The number of benzene rings is 1. The molecule has 278 valence electrons. The second-order valence-electron chi connectivity index (χ2n) is 14.4. The van der Waals surface area contributed by atoms with Crippen LogP contribution < -0.4 is 21.3 Å². The Morgan fingerprint density at radius 3 is 2.16 bits per heavy atom. The second kappa shape index (κ2) is 19.0. The summed E-state index contributed by atoms with van der Waals surface area (Å²) in [6.45, 7) is 13.0. The van der Waals surface area contributed by atoms with Crippen LogP contribution in [0.1, 0.15) is 85.8 Å². The van der Waals surface area contributed by atoms with Crippen LogP contribution in [0.25, 0.3) is 0 Å². The summed E-state index contributed by atoms with van der Waals surface area (Å²) in [5, 5.41) is 10.3. The van der Waals surface area contributed by atoms with E-state index in [1.165, 1.54) is 9.80 Å². The topological polar surface area (TPSA) is 183 Å². The number of likely N-dealkylation sites (tertiary alicyclic amines) is 1. The third kappa shape index (κ3) is 12.1. The Kier molecular flexibility index (Phi) is 15.9. The molecule has 0 radical (unpaired) electrons. The number of amides is 6. The summed E-state index contributed by atoms with van der Waals surface area (Å²) < 4.78 is 5.26. The van der Waals surface area contributed by atoms with Crippen LogP contribution in [0.15, 0.2) is 30.3 Å². The Hall–Kier alpha value is -4.49. The zero-order valence-corrected chi connectivity index (χ0v) is 31.0. The molecular weight excluding hydrogens is 644 g/mol. The first-order valence-electron chi connectivity index (χ1n) is 17.3. The van der Waals surface area contributed by atoms with E-state index in [0.717, 1.165) is 0 Å². The summed E-state index contributed by atoms with van der Waals surface area (Å²) >= 11 is 0. The third-order valence-corrected chi connectivity index (χ3v) is 8.58. The number of ether oxygens (including phenoxy) is 1. The third-order valence-electron chi connectivity index (χ3n) is 8.58. The van der Waals surface area contributed by atoms with Gasteiger partial charge in [-0.1, -0.05) is 91.6 Å². The number of hydrogen-bond acceptors (Lipinski definition) is 8. The lowest BCUT2D eigenvalue weighted by Gasteiger charge is -2.32. The van der Waals surface area contributed by atoms with Gasteiger partial charge in [0, 0.05) is 20.6 Å². The minimum Gasteiger partial charge on any atom is -0.449 e. The highest BCUT2D eigenvalue weighted by atomic mass is 16.5. The van der Waals surface area contributed by atoms with Crippen LogP contribution in [0.5, 0.6) is 0 Å². The van der Waals surface area contributed by atoms with Crippen molar-refractivity contribution in [2.45, 2.75) is 98.3 Å². The summed E-state index contributed by atoms with van der Waals surface area (Å²) in [5.41, 5.74) is 0.101. The van der Waals surface area contributed by atoms with Crippen LogP contribution in [0.2, 0.25) is 0 Å². The van der Waals surface area contributed by atoms with Gasteiger partial charge in [0.2, 0.25) is 29.4 Å². The molecule has 0 saturated carbocycles. The van der Waals surface area contributed by atoms with Crippen molar-refractivity contribution < 1.29 is 38.3 Å². The van der Waals surface area contributed by atoms with Crippen molar-refractivity contribution >= 4 is 41.4 Å². The van der Waals surface area contributed by atoms with Gasteiger partial charge in [0.25, 0.3) is 5.91 Å². The molecule has 0 spiro atoms. The number of hydrogen-bond donors (Lipinski definition) is 4. The molecule has 0 aromatic heterocycles. The number of ketones is 1. The predicted octanol–water partition coefficient (Wildman–Crippen LogP) is 2.33. The smallest absolute Gasteiger partial charge is 0.407 e. The highest BCUT2D eigenvalue weighted by Crippen LogP contribution is 2.35. The Morgan fingerprint density at radius 2 is 1.60 bits per heavy atom. The Bertz CT molecular complexity index is 1370. The molecule has 1 aliphatic heterocycles. The van der Waals surface area contributed by atoms with Gasteiger partial charge in [-0.25, -0.2) is 4.79 Å². The zero-order chi connectivity index (χ0) is 37.8. The van der Waals surface area contributed by atoms with Gasteiger partial charge < -0.3 is 35.8 Å². The van der Waals surface area contributed by atoms with E-state index in [9.17, 15) is 33.6 Å². The number of nitrogens with zero attached hydrogens (tertiary/aromatic N) is 2. The molecule has 14 heteroatoms. The fourth-order valence-corrected chi connectivity index (χ4v) is 5.64. The standard InChI is InChI=1S/C36H56N6O8/c1-10-15-25(30(44)32(46)37-19-27(43)39-29(33(47)41(8)9)24-16-13-12-14-17-24)38-31(45)26-18-36(6,7)21-42(26)34(48)28(23(5)11-2)40-35(49)50-20-22(3)4/h12-14,16-17,22-23,25-26,28-29H,10-11,15,18-21H2,1-9H3,(H,37,46)(H,38,45)(H,39,43)(H,40,49)/t23-,25-,26-,28-,29-/m0/s1. The number of Topliss-reactive ketones (excluding diaryl/α,β-unsaturated/α-hetero) is 1. The monoisotopic (exact) mass is 700 g/mol. The maximum Gasteiger partial charge on any atom is 0.407 e. The minimum absolute atomic E-state index is 0.106. The van der Waals surface area contributed by atoms with Crippen molar-refractivity contribution in [2.24, 2.45) is 17.3 Å². The van der Waals surface area contributed by atoms with Gasteiger partial charge in [0.1, 0.15) is 18.1 Å². The van der Waals surface area contributed by atoms with Crippen molar-refractivity contribution in [1.29, 1.82) is 0 Å². The molecule has 1 aliphatic rings. The lowest BCUT2D eigenvalue weighted by Crippen LogP contribution is -2.57. The molecule has 6 amide bonds. The maximum absolute atomic E-state index is 14.0. The molecule has 0 bridgehead atoms. The number of alkyl carbamates (subject to hydrolysis) is 1. The molecule has 0 aliphatic carbocycles. The maximum atomic E-state index is 14.0. The number of nitrogens with one attached hydrogen (secondary N) is 4. The summed E-state index contributed by atoms with van der Waals surface area (Å²) in [6.07, 6.45) is 0.746. The second-order valence-corrected chi connectivity index (χ2v) is 14.4. The molecule has 5 atom stereocenters. The average Bonchev–Trinajstić information content (AvgIpc) is 3.41. The SMILES string of the molecule is CCC[C@H](NC(=O)[C@@H]1CC(C)(C)CN1C(=O)[C@@H](NC(=O)OCC(C)C)[C@@H](C)CC)C(=O)C(=O)NCC(=O)N[C@H](C(=O)N(C)C)c1ccccc1. The lowest BCUT2D eigenvalue weighted by molar-refractivity contribution is -0.143. The normalized spacial score (nSPS) is 17.5. The van der Waals surface area contributed by atoms with Gasteiger partial charge in [-0.3, -0.25) is 28.8 Å². The molecule has 2 rings (SSSR count). The van der Waals surface area contributed by atoms with Crippen LogP contribution >= 0.6 is 0 Å². The quantitative estimate of drug-likeness (QED) is 0.179. The van der Waals surface area contributed by atoms with E-state index < -0.39 is 71.6 Å². The van der Waals surface area contributed by atoms with Crippen molar-refractivity contribution in [2.75, 3.05) is 33.8 Å². The largest absolute Gasteiger partial charge is 0.449 e. The fraction of sp³-hybridized carbons (Fsp3) is 0.639. The van der Waals surface area contributed by atoms with Crippen LogP contribution in [-0.2, 0) is 33.5 Å². The molecule has 1 saturated heterocycles. The van der Waals surface area contributed by atoms with E-state index in [0.29, 0.717) is 24.8 Å². The molecule has 14 nitrogen and oxygen atoms in total. The van der Waals surface area contributed by atoms with Gasteiger partial charge in [0.05, 0.1) is 19.2 Å². The van der Waals surface area contributed by atoms with Gasteiger partial charge in [-0.05, 0) is 35.7 Å². The van der Waals surface area contributed by atoms with Gasteiger partial charge in [0.15, 0.2) is 0 Å². The van der Waals surface area contributed by atoms with E-state index in [2.05, 4.69) is 21.3 Å². The molecule has 1 aromatic carbocycles. The summed E-state index contributed by atoms with van der Waals surface area (Å²) in [4.78, 5) is 94.9. The van der Waals surface area contributed by atoms with E-state index in [4.69, 9.17) is 4.74 Å². The van der Waals surface area contributed by atoms with Crippen molar-refractivity contribution in [3.8, 4) is 0 Å². The molecule has 1 heterocycles. The average molecular weight is 701 g/mol.